The van der Waals surface area contributed by atoms with Crippen LogP contribution in [0.3, 0.4) is 0 Å². The molecule has 4 fully saturated rings. The van der Waals surface area contributed by atoms with Crippen LogP contribution in [0, 0.1) is 5.41 Å². The number of nitrogens with one attached hydrogen (secondary N) is 1. The first-order chi connectivity index (χ1) is 20.2. The van der Waals surface area contributed by atoms with Crippen molar-refractivity contribution in [3.05, 3.63) is 23.2 Å². The first kappa shape index (κ1) is 31.8. The molecule has 1 spiro atoms. The van der Waals surface area contributed by atoms with Gasteiger partial charge in [-0.25, -0.2) is 18.4 Å². The number of amides is 4. The molecule has 1 aliphatic carbocycles. The molecule has 5 rings (SSSR count). The van der Waals surface area contributed by atoms with Crippen LogP contribution < -0.4 is 15.1 Å². The number of urea groups is 1. The van der Waals surface area contributed by atoms with Gasteiger partial charge in [0.05, 0.1) is 23.3 Å². The lowest BCUT2D eigenvalue weighted by Gasteiger charge is -2.51. The lowest BCUT2D eigenvalue weighted by molar-refractivity contribution is -0.135. The van der Waals surface area contributed by atoms with Crippen LogP contribution in [0.4, 0.5) is 29.7 Å². The summed E-state index contributed by atoms with van der Waals surface area (Å²) in [4.78, 5) is 43.3. The van der Waals surface area contributed by atoms with Crippen LogP contribution in [0.15, 0.2) is 18.2 Å². The van der Waals surface area contributed by atoms with Gasteiger partial charge in [0.15, 0.2) is 0 Å². The van der Waals surface area contributed by atoms with E-state index >= 15 is 8.78 Å². The molecule has 238 valence electrons. The Hall–Kier alpha value is -2.66. The van der Waals surface area contributed by atoms with Crippen LogP contribution in [0.1, 0.15) is 72.1 Å². The van der Waals surface area contributed by atoms with Gasteiger partial charge in [-0.15, -0.1) is 0 Å². The summed E-state index contributed by atoms with van der Waals surface area (Å²) >= 11 is 6.45. The van der Waals surface area contributed by atoms with E-state index in [1.54, 1.807) is 26.8 Å². The number of hydrogen-bond donors (Lipinski definition) is 1. The summed E-state index contributed by atoms with van der Waals surface area (Å²) in [5.41, 5.74) is 0.998. The molecule has 0 aromatic heterocycles. The van der Waals surface area contributed by atoms with Gasteiger partial charge in [0, 0.05) is 38.3 Å². The first-order valence-corrected chi connectivity index (χ1v) is 15.8. The normalized spacial score (nSPS) is 25.0. The third kappa shape index (κ3) is 7.03. The first-order valence-electron chi connectivity index (χ1n) is 15.4. The van der Waals surface area contributed by atoms with Gasteiger partial charge in [-0.05, 0) is 102 Å². The number of halogens is 3. The van der Waals surface area contributed by atoms with E-state index in [9.17, 15) is 14.4 Å². The van der Waals surface area contributed by atoms with Crippen LogP contribution in [0.25, 0.3) is 0 Å². The zero-order valence-corrected chi connectivity index (χ0v) is 26.4. The molecule has 1 unspecified atom stereocenters. The number of imide groups is 1. The number of benzene rings is 1. The average Bonchev–Trinajstić information content (AvgIpc) is 2.93. The number of hydrogen-bond acceptors (Lipinski definition) is 6. The predicted octanol–water partition coefficient (Wildman–Crippen LogP) is 5.89. The van der Waals surface area contributed by atoms with Gasteiger partial charge in [-0.1, -0.05) is 11.6 Å². The van der Waals surface area contributed by atoms with Crippen molar-refractivity contribution in [1.82, 2.24) is 15.1 Å². The van der Waals surface area contributed by atoms with Gasteiger partial charge >= 0.3 is 12.1 Å². The molecule has 0 bridgehead atoms. The Morgan fingerprint density at radius 3 is 2.33 bits per heavy atom. The number of carbonyl (C=O) groups excluding carboxylic acids is 3. The molecule has 4 amide bonds. The van der Waals surface area contributed by atoms with Gasteiger partial charge in [-0.2, -0.15) is 0 Å². The van der Waals surface area contributed by atoms with E-state index in [2.05, 4.69) is 17.3 Å². The quantitative estimate of drug-likeness (QED) is 0.450. The zero-order valence-electron chi connectivity index (χ0n) is 25.6. The van der Waals surface area contributed by atoms with E-state index in [0.29, 0.717) is 29.8 Å². The summed E-state index contributed by atoms with van der Waals surface area (Å²) in [6.45, 7) is 6.47. The van der Waals surface area contributed by atoms with E-state index < -0.39 is 36.2 Å². The van der Waals surface area contributed by atoms with Crippen molar-refractivity contribution in [2.45, 2.75) is 95.7 Å². The fraction of sp³-hybridized carbons (Fsp3) is 0.710. The summed E-state index contributed by atoms with van der Waals surface area (Å²) in [6.07, 6.45) is 5.68. The highest BCUT2D eigenvalue weighted by atomic mass is 35.5. The Bertz CT molecular complexity index is 1220. The fourth-order valence-electron chi connectivity index (χ4n) is 7.20. The van der Waals surface area contributed by atoms with Crippen molar-refractivity contribution in [2.75, 3.05) is 49.6 Å². The number of anilines is 2. The maximum atomic E-state index is 15.3. The molecule has 3 heterocycles. The van der Waals surface area contributed by atoms with Crippen LogP contribution >= 0.6 is 11.6 Å². The third-order valence-corrected chi connectivity index (χ3v) is 10.1. The lowest BCUT2D eigenvalue weighted by atomic mass is 9.66. The van der Waals surface area contributed by atoms with E-state index in [1.807, 2.05) is 17.0 Å². The molecule has 0 radical (unpaired) electrons. The van der Waals surface area contributed by atoms with Gasteiger partial charge in [0.25, 0.3) is 5.92 Å². The number of rotatable bonds is 4. The van der Waals surface area contributed by atoms with Gasteiger partial charge < -0.3 is 14.5 Å². The predicted molar refractivity (Wildman–Crippen MR) is 162 cm³/mol. The summed E-state index contributed by atoms with van der Waals surface area (Å²) < 4.78 is 35.9. The minimum atomic E-state index is -2.98. The Labute approximate surface area is 257 Å². The molecule has 4 aliphatic rings. The summed E-state index contributed by atoms with van der Waals surface area (Å²) in [7, 11) is 2.06. The average molecular weight is 624 g/mol. The summed E-state index contributed by atoms with van der Waals surface area (Å²) in [6, 6.07) is 4.65. The SMILES string of the molecule is CN(c1ccc(Cl)c(N2CCC(=O)NC2=O)c1)C1CCC2(CC1)CCN(C1CCN(C(=O)OC(C)(C)C)CC1(F)F)CC2. The number of ether oxygens (including phenoxy) is 1. The molecule has 1 aromatic carbocycles. The van der Waals surface area contributed by atoms with Crippen molar-refractivity contribution < 1.29 is 27.9 Å². The van der Waals surface area contributed by atoms with Gasteiger partial charge in [-0.3, -0.25) is 19.9 Å². The van der Waals surface area contributed by atoms with E-state index in [-0.39, 0.29) is 37.3 Å². The van der Waals surface area contributed by atoms with Crippen molar-refractivity contribution in [3.8, 4) is 0 Å². The van der Waals surface area contributed by atoms with Crippen molar-refractivity contribution >= 4 is 41.0 Å². The lowest BCUT2D eigenvalue weighted by Crippen LogP contribution is -2.61. The summed E-state index contributed by atoms with van der Waals surface area (Å²) in [5, 5.41) is 2.81. The highest BCUT2D eigenvalue weighted by Crippen LogP contribution is 2.47. The molecule has 12 heteroatoms. The van der Waals surface area contributed by atoms with Crippen LogP contribution in [0.2, 0.25) is 5.02 Å². The second-order valence-electron chi connectivity index (χ2n) is 13.7. The molecule has 9 nitrogen and oxygen atoms in total. The van der Waals surface area contributed by atoms with Crippen LogP contribution in [0.5, 0.6) is 0 Å². The maximum absolute atomic E-state index is 15.3. The molecule has 3 aliphatic heterocycles. The van der Waals surface area contributed by atoms with Crippen molar-refractivity contribution in [1.29, 1.82) is 0 Å². The Morgan fingerprint density at radius 2 is 1.72 bits per heavy atom. The Morgan fingerprint density at radius 1 is 1.05 bits per heavy atom. The second kappa shape index (κ2) is 12.0. The van der Waals surface area contributed by atoms with Crippen molar-refractivity contribution in [2.24, 2.45) is 5.41 Å². The third-order valence-electron chi connectivity index (χ3n) is 9.76. The minimum absolute atomic E-state index is 0.171. The smallest absolute Gasteiger partial charge is 0.410 e. The monoisotopic (exact) mass is 623 g/mol. The molecular formula is C31H44ClF2N5O4. The van der Waals surface area contributed by atoms with E-state index in [1.165, 1.54) is 4.90 Å². The maximum Gasteiger partial charge on any atom is 0.410 e. The molecule has 1 N–H and O–H groups in total. The molecule has 3 saturated heterocycles. The zero-order chi connectivity index (χ0) is 31.2. The highest BCUT2D eigenvalue weighted by molar-refractivity contribution is 6.34. The van der Waals surface area contributed by atoms with Crippen LogP contribution in [-0.2, 0) is 9.53 Å². The van der Waals surface area contributed by atoms with Gasteiger partial charge in [0.2, 0.25) is 5.91 Å². The topological polar surface area (TPSA) is 85.4 Å². The summed E-state index contributed by atoms with van der Waals surface area (Å²) in [5.74, 6) is -3.27. The van der Waals surface area contributed by atoms with E-state index in [0.717, 1.165) is 49.1 Å². The van der Waals surface area contributed by atoms with Gasteiger partial charge in [0.1, 0.15) is 5.60 Å². The molecule has 1 aromatic rings. The molecule has 1 atom stereocenters. The number of nitrogens with zero attached hydrogens (tertiary/aromatic N) is 4. The van der Waals surface area contributed by atoms with Crippen molar-refractivity contribution in [3.63, 3.8) is 0 Å². The molecule has 1 saturated carbocycles. The number of carbonyl (C=O) groups is 3. The Balaban J connectivity index is 1.14. The minimum Gasteiger partial charge on any atom is -0.444 e. The molecular weight excluding hydrogens is 580 g/mol. The number of piperidine rings is 2. The van der Waals surface area contributed by atoms with E-state index in [4.69, 9.17) is 16.3 Å². The number of alkyl halides is 2. The molecule has 43 heavy (non-hydrogen) atoms. The second-order valence-corrected chi connectivity index (χ2v) is 14.1. The standard InChI is InChI=1S/C31H44ClF2N5O4/c1-29(2,3)43-28(42)38-15-9-25(31(33,34)20-38)37-17-13-30(14-18-37)11-7-21(8-12-30)36(4)22-5-6-23(32)24(19-22)39-16-10-26(40)35-27(39)41/h5-6,19,21,25H,7-18,20H2,1-4H3,(H,35,40,41). The largest absolute Gasteiger partial charge is 0.444 e. The van der Waals surface area contributed by atoms with Crippen LogP contribution in [-0.4, -0.2) is 91.2 Å². The number of likely N-dealkylation sites (tertiary alicyclic amines) is 2. The fourth-order valence-corrected chi connectivity index (χ4v) is 7.42. The Kier molecular flexibility index (Phi) is 8.88. The highest BCUT2D eigenvalue weighted by Gasteiger charge is 2.51.